The molecule has 1 fully saturated rings. The first-order chi connectivity index (χ1) is 10.5. The van der Waals surface area contributed by atoms with Crippen LogP contribution in [0.3, 0.4) is 0 Å². The molecule has 0 aliphatic carbocycles. The number of anilines is 1. The Kier molecular flexibility index (Phi) is 5.25. The molecule has 6 heteroatoms. The van der Waals surface area contributed by atoms with Crippen molar-refractivity contribution in [3.63, 3.8) is 0 Å². The molecule has 1 heterocycles. The van der Waals surface area contributed by atoms with E-state index in [1.165, 1.54) is 23.9 Å². The number of amides is 2. The van der Waals surface area contributed by atoms with Crippen molar-refractivity contribution in [1.82, 2.24) is 10.2 Å². The van der Waals surface area contributed by atoms with Gasteiger partial charge in [-0.2, -0.15) is 0 Å². The van der Waals surface area contributed by atoms with Crippen molar-refractivity contribution in [2.45, 2.75) is 13.8 Å². The zero-order valence-corrected chi connectivity index (χ0v) is 13.4. The summed E-state index contributed by atoms with van der Waals surface area (Å²) in [5.41, 5.74) is 3.67. The Hall–Kier alpha value is -2.24. The smallest absolute Gasteiger partial charge is 0.410 e. The third-order valence-corrected chi connectivity index (χ3v) is 3.72. The lowest BCUT2D eigenvalue weighted by Crippen LogP contribution is -2.49. The van der Waals surface area contributed by atoms with Crippen LogP contribution in [0.1, 0.15) is 11.1 Å². The standard InChI is InChI=1S/C16H23N3O3/c1-12-8-13(2)10-14(9-12)18-4-6-19(7-5-18)16(21)22-11-15(20)17-3/h8-10H,4-7,11H2,1-3H3,(H,17,20). The third kappa shape index (κ3) is 4.13. The van der Waals surface area contributed by atoms with Crippen LogP contribution in [0.4, 0.5) is 10.5 Å². The summed E-state index contributed by atoms with van der Waals surface area (Å²) in [7, 11) is 1.51. The number of piperazine rings is 1. The van der Waals surface area contributed by atoms with E-state index in [9.17, 15) is 9.59 Å². The molecule has 1 saturated heterocycles. The summed E-state index contributed by atoms with van der Waals surface area (Å²) in [5.74, 6) is -0.303. The molecule has 1 aromatic rings. The largest absolute Gasteiger partial charge is 0.439 e. The average molecular weight is 305 g/mol. The van der Waals surface area contributed by atoms with Crippen LogP contribution in [0.5, 0.6) is 0 Å². The van der Waals surface area contributed by atoms with Crippen molar-refractivity contribution in [2.75, 3.05) is 44.7 Å². The number of ether oxygens (including phenoxy) is 1. The molecular formula is C16H23N3O3. The third-order valence-electron chi connectivity index (χ3n) is 3.72. The van der Waals surface area contributed by atoms with Crippen LogP contribution in [0.2, 0.25) is 0 Å². The van der Waals surface area contributed by atoms with Gasteiger partial charge in [0.2, 0.25) is 0 Å². The quantitative estimate of drug-likeness (QED) is 0.914. The molecule has 0 radical (unpaired) electrons. The zero-order valence-electron chi connectivity index (χ0n) is 13.4. The van der Waals surface area contributed by atoms with Gasteiger partial charge >= 0.3 is 6.09 Å². The summed E-state index contributed by atoms with van der Waals surface area (Å²) in [6.45, 7) is 6.66. The Bertz CT molecular complexity index is 531. The molecule has 0 bridgehead atoms. The minimum Gasteiger partial charge on any atom is -0.439 e. The fourth-order valence-electron chi connectivity index (χ4n) is 2.57. The van der Waals surface area contributed by atoms with E-state index >= 15 is 0 Å². The SMILES string of the molecule is CNC(=O)COC(=O)N1CCN(c2cc(C)cc(C)c2)CC1. The van der Waals surface area contributed by atoms with Gasteiger partial charge in [-0.15, -0.1) is 0 Å². The number of carbonyl (C=O) groups excluding carboxylic acids is 2. The van der Waals surface area contributed by atoms with Crippen LogP contribution < -0.4 is 10.2 Å². The van der Waals surface area contributed by atoms with Crippen LogP contribution in [0.15, 0.2) is 18.2 Å². The predicted molar refractivity (Wildman–Crippen MR) is 85.1 cm³/mol. The average Bonchev–Trinajstić information content (AvgIpc) is 2.51. The molecule has 0 aromatic heterocycles. The maximum absolute atomic E-state index is 11.9. The summed E-state index contributed by atoms with van der Waals surface area (Å²) >= 11 is 0. The number of nitrogens with zero attached hydrogens (tertiary/aromatic N) is 2. The lowest BCUT2D eigenvalue weighted by molar-refractivity contribution is -0.123. The van der Waals surface area contributed by atoms with Gasteiger partial charge in [-0.25, -0.2) is 4.79 Å². The van der Waals surface area contributed by atoms with Crippen LogP contribution in [0.25, 0.3) is 0 Å². The second kappa shape index (κ2) is 7.15. The van der Waals surface area contributed by atoms with Gasteiger partial charge in [0.25, 0.3) is 5.91 Å². The van der Waals surface area contributed by atoms with Crippen molar-refractivity contribution in [1.29, 1.82) is 0 Å². The highest BCUT2D eigenvalue weighted by Crippen LogP contribution is 2.20. The first kappa shape index (κ1) is 16.1. The van der Waals surface area contributed by atoms with Crippen molar-refractivity contribution >= 4 is 17.7 Å². The van der Waals surface area contributed by atoms with E-state index in [1.54, 1.807) is 4.90 Å². The molecule has 2 amide bonds. The molecule has 0 atom stereocenters. The predicted octanol–water partition coefficient (Wildman–Crippen LogP) is 1.31. The number of likely N-dealkylation sites (N-methyl/N-ethyl adjacent to an activating group) is 1. The van der Waals surface area contributed by atoms with Crippen LogP contribution >= 0.6 is 0 Å². The summed E-state index contributed by atoms with van der Waals surface area (Å²) in [6, 6.07) is 6.47. The Morgan fingerprint density at radius 2 is 1.68 bits per heavy atom. The van der Waals surface area contributed by atoms with Gasteiger partial charge in [-0.05, 0) is 37.1 Å². The van der Waals surface area contributed by atoms with E-state index in [0.29, 0.717) is 13.1 Å². The van der Waals surface area contributed by atoms with E-state index in [1.807, 2.05) is 0 Å². The van der Waals surface area contributed by atoms with Crippen molar-refractivity contribution in [3.8, 4) is 0 Å². The van der Waals surface area contributed by atoms with Gasteiger partial charge in [-0.3, -0.25) is 4.79 Å². The van der Waals surface area contributed by atoms with E-state index in [0.717, 1.165) is 13.1 Å². The summed E-state index contributed by atoms with van der Waals surface area (Å²) in [5, 5.41) is 2.42. The summed E-state index contributed by atoms with van der Waals surface area (Å²) < 4.78 is 4.97. The van der Waals surface area contributed by atoms with Crippen LogP contribution in [-0.4, -0.2) is 56.7 Å². The number of hydrogen-bond acceptors (Lipinski definition) is 4. The van der Waals surface area contributed by atoms with E-state index in [4.69, 9.17) is 4.74 Å². The number of carbonyl (C=O) groups is 2. The molecule has 120 valence electrons. The fourth-order valence-corrected chi connectivity index (χ4v) is 2.57. The highest BCUT2D eigenvalue weighted by atomic mass is 16.6. The van der Waals surface area contributed by atoms with E-state index in [-0.39, 0.29) is 12.5 Å². The molecule has 2 rings (SSSR count). The van der Waals surface area contributed by atoms with Crippen molar-refractivity contribution in [3.05, 3.63) is 29.3 Å². The van der Waals surface area contributed by atoms with Crippen LogP contribution in [0, 0.1) is 13.8 Å². The molecule has 6 nitrogen and oxygen atoms in total. The normalized spacial score (nSPS) is 14.7. The second-order valence-corrected chi connectivity index (χ2v) is 5.55. The molecule has 1 aromatic carbocycles. The molecule has 1 aliphatic rings. The topological polar surface area (TPSA) is 61.9 Å². The molecule has 0 spiro atoms. The molecule has 1 N–H and O–H groups in total. The van der Waals surface area contributed by atoms with Gasteiger partial charge < -0.3 is 19.9 Å². The first-order valence-corrected chi connectivity index (χ1v) is 7.45. The lowest BCUT2D eigenvalue weighted by Gasteiger charge is -2.35. The van der Waals surface area contributed by atoms with Crippen molar-refractivity contribution < 1.29 is 14.3 Å². The van der Waals surface area contributed by atoms with Gasteiger partial charge in [0, 0.05) is 38.9 Å². The Morgan fingerprint density at radius 3 is 2.23 bits per heavy atom. The van der Waals surface area contributed by atoms with E-state index < -0.39 is 6.09 Å². The monoisotopic (exact) mass is 305 g/mol. The maximum atomic E-state index is 11.9. The number of hydrogen-bond donors (Lipinski definition) is 1. The molecule has 1 aliphatic heterocycles. The van der Waals surface area contributed by atoms with Gasteiger partial charge in [-0.1, -0.05) is 6.07 Å². The minimum absolute atomic E-state index is 0.230. The first-order valence-electron chi connectivity index (χ1n) is 7.45. The number of benzene rings is 1. The summed E-state index contributed by atoms with van der Waals surface area (Å²) in [6.07, 6.45) is -0.427. The highest BCUT2D eigenvalue weighted by Gasteiger charge is 2.23. The Morgan fingerprint density at radius 1 is 1.09 bits per heavy atom. The fraction of sp³-hybridized carbons (Fsp3) is 0.500. The van der Waals surface area contributed by atoms with Crippen molar-refractivity contribution in [2.24, 2.45) is 0 Å². The van der Waals surface area contributed by atoms with Gasteiger partial charge in [0.15, 0.2) is 6.61 Å². The number of aryl methyl sites for hydroxylation is 2. The highest BCUT2D eigenvalue weighted by molar-refractivity contribution is 5.79. The molecule has 0 saturated carbocycles. The van der Waals surface area contributed by atoms with Crippen LogP contribution in [-0.2, 0) is 9.53 Å². The Balaban J connectivity index is 1.87. The molecule has 22 heavy (non-hydrogen) atoms. The molecule has 0 unspecified atom stereocenters. The van der Waals surface area contributed by atoms with E-state index in [2.05, 4.69) is 42.3 Å². The zero-order chi connectivity index (χ0) is 16.1. The molecular weight excluding hydrogens is 282 g/mol. The lowest BCUT2D eigenvalue weighted by atomic mass is 10.1. The second-order valence-electron chi connectivity index (χ2n) is 5.55. The maximum Gasteiger partial charge on any atom is 0.410 e. The number of nitrogens with one attached hydrogen (secondary N) is 1. The van der Waals surface area contributed by atoms with Gasteiger partial charge in [0.1, 0.15) is 0 Å². The minimum atomic E-state index is -0.427. The van der Waals surface area contributed by atoms with Gasteiger partial charge in [0.05, 0.1) is 0 Å². The summed E-state index contributed by atoms with van der Waals surface area (Å²) in [4.78, 5) is 26.9. The Labute approximate surface area is 131 Å². The number of rotatable bonds is 3.